The van der Waals surface area contributed by atoms with Gasteiger partial charge in [0, 0.05) is 6.04 Å². The Bertz CT molecular complexity index is 537. The number of amides is 1. The second-order valence-corrected chi connectivity index (χ2v) is 5.96. The van der Waals surface area contributed by atoms with Crippen molar-refractivity contribution in [3.63, 3.8) is 0 Å². The number of carbonyl (C=O) groups is 2. The molecule has 0 aliphatic rings. The number of esters is 1. The Morgan fingerprint density at radius 3 is 2.18 bits per heavy atom. The molecule has 0 bridgehead atoms. The lowest BCUT2D eigenvalue weighted by molar-refractivity contribution is -0.125. The van der Waals surface area contributed by atoms with Crippen molar-refractivity contribution in [2.45, 2.75) is 26.8 Å². The summed E-state index contributed by atoms with van der Waals surface area (Å²) < 4.78 is 9.94. The molecule has 0 aliphatic carbocycles. The normalized spacial score (nSPS) is 12.0. The van der Waals surface area contributed by atoms with Crippen molar-refractivity contribution in [3.8, 4) is 5.75 Å². The summed E-state index contributed by atoms with van der Waals surface area (Å²) in [5.74, 6) is -0.471. The van der Waals surface area contributed by atoms with E-state index < -0.39 is 5.97 Å². The van der Waals surface area contributed by atoms with E-state index in [0.29, 0.717) is 5.92 Å². The van der Waals surface area contributed by atoms with Crippen molar-refractivity contribution in [1.82, 2.24) is 5.32 Å². The van der Waals surface area contributed by atoms with Crippen molar-refractivity contribution < 1.29 is 19.1 Å². The predicted molar refractivity (Wildman–Crippen MR) is 85.7 cm³/mol. The van der Waals surface area contributed by atoms with Crippen LogP contribution in [-0.2, 0) is 9.53 Å². The quantitative estimate of drug-likeness (QED) is 0.801. The summed E-state index contributed by atoms with van der Waals surface area (Å²) in [6.07, 6.45) is 0. The van der Waals surface area contributed by atoms with Gasteiger partial charge in [-0.1, -0.05) is 37.0 Å². The molecule has 1 rings (SSSR count). The number of hydrogen-bond donors (Lipinski definition) is 1. The molecular formula is C15H19Cl2NO4. The molecular weight excluding hydrogens is 329 g/mol. The van der Waals surface area contributed by atoms with Crippen molar-refractivity contribution >= 4 is 35.1 Å². The third kappa shape index (κ3) is 5.07. The van der Waals surface area contributed by atoms with E-state index in [4.69, 9.17) is 32.7 Å². The summed E-state index contributed by atoms with van der Waals surface area (Å²) in [4.78, 5) is 23.6. The van der Waals surface area contributed by atoms with Crippen molar-refractivity contribution in [1.29, 1.82) is 0 Å². The van der Waals surface area contributed by atoms with Crippen molar-refractivity contribution in [2.24, 2.45) is 5.92 Å². The van der Waals surface area contributed by atoms with Crippen LogP contribution in [0.4, 0.5) is 0 Å². The molecule has 0 saturated carbocycles. The Hall–Kier alpha value is -1.46. The van der Waals surface area contributed by atoms with Crippen LogP contribution in [0.1, 0.15) is 31.1 Å². The first-order valence-corrected chi connectivity index (χ1v) is 7.51. The summed E-state index contributed by atoms with van der Waals surface area (Å²) in [5, 5.41) is 3.13. The third-order valence-electron chi connectivity index (χ3n) is 3.16. The van der Waals surface area contributed by atoms with E-state index in [-0.39, 0.29) is 39.9 Å². The highest BCUT2D eigenvalue weighted by Gasteiger charge is 2.17. The van der Waals surface area contributed by atoms with Gasteiger partial charge in [-0.3, -0.25) is 4.79 Å². The van der Waals surface area contributed by atoms with Crippen LogP contribution in [0.15, 0.2) is 12.1 Å². The fourth-order valence-electron chi connectivity index (χ4n) is 1.55. The third-order valence-corrected chi connectivity index (χ3v) is 3.72. The van der Waals surface area contributed by atoms with Gasteiger partial charge in [-0.15, -0.1) is 0 Å². The zero-order valence-corrected chi connectivity index (χ0v) is 14.4. The molecule has 0 saturated heterocycles. The van der Waals surface area contributed by atoms with Crippen molar-refractivity contribution in [2.75, 3.05) is 13.7 Å². The number of benzene rings is 1. The maximum atomic E-state index is 11.9. The number of nitrogens with one attached hydrogen (secondary N) is 1. The summed E-state index contributed by atoms with van der Waals surface area (Å²) in [5.41, 5.74) is 0.153. The highest BCUT2D eigenvalue weighted by atomic mass is 35.5. The van der Waals surface area contributed by atoms with Gasteiger partial charge in [-0.2, -0.15) is 0 Å². The van der Waals surface area contributed by atoms with E-state index in [1.54, 1.807) is 0 Å². The molecule has 1 aromatic carbocycles. The van der Waals surface area contributed by atoms with E-state index in [1.807, 2.05) is 20.8 Å². The van der Waals surface area contributed by atoms with Crippen LogP contribution in [0.2, 0.25) is 10.0 Å². The molecule has 1 N–H and O–H groups in total. The Morgan fingerprint density at radius 1 is 1.18 bits per heavy atom. The van der Waals surface area contributed by atoms with Gasteiger partial charge in [-0.05, 0) is 25.0 Å². The monoisotopic (exact) mass is 347 g/mol. The summed E-state index contributed by atoms with van der Waals surface area (Å²) in [6.45, 7) is 5.49. The van der Waals surface area contributed by atoms with E-state index in [1.165, 1.54) is 19.2 Å². The molecule has 5 nitrogen and oxygen atoms in total. The highest BCUT2D eigenvalue weighted by Crippen LogP contribution is 2.33. The van der Waals surface area contributed by atoms with Gasteiger partial charge in [0.25, 0.3) is 5.91 Å². The molecule has 122 valence electrons. The fraction of sp³-hybridized carbons (Fsp3) is 0.467. The molecule has 7 heteroatoms. The van der Waals surface area contributed by atoms with Crippen LogP contribution < -0.4 is 10.1 Å². The lowest BCUT2D eigenvalue weighted by Crippen LogP contribution is -2.38. The molecule has 0 aromatic heterocycles. The second kappa shape index (κ2) is 8.25. The first-order chi connectivity index (χ1) is 10.3. The molecule has 0 fully saturated rings. The van der Waals surface area contributed by atoms with Crippen LogP contribution in [0.5, 0.6) is 5.75 Å². The lowest BCUT2D eigenvalue weighted by Gasteiger charge is -2.17. The first kappa shape index (κ1) is 18.6. The molecule has 0 unspecified atom stereocenters. The summed E-state index contributed by atoms with van der Waals surface area (Å²) in [6, 6.07) is 2.75. The summed E-state index contributed by atoms with van der Waals surface area (Å²) in [7, 11) is 1.42. The van der Waals surface area contributed by atoms with E-state index in [0.717, 1.165) is 0 Å². The number of halogens is 2. The number of ether oxygens (including phenoxy) is 2. The molecule has 0 heterocycles. The fourth-order valence-corrected chi connectivity index (χ4v) is 2.19. The van der Waals surface area contributed by atoms with Crippen LogP contribution in [0, 0.1) is 5.92 Å². The Kier molecular flexibility index (Phi) is 6.97. The molecule has 1 aromatic rings. The average molecular weight is 348 g/mol. The van der Waals surface area contributed by atoms with Gasteiger partial charge in [0.05, 0.1) is 22.7 Å². The summed E-state index contributed by atoms with van der Waals surface area (Å²) >= 11 is 11.9. The molecule has 0 radical (unpaired) electrons. The zero-order chi connectivity index (χ0) is 16.9. The van der Waals surface area contributed by atoms with E-state index in [9.17, 15) is 9.59 Å². The first-order valence-electron chi connectivity index (χ1n) is 6.75. The maximum absolute atomic E-state index is 11.9. The molecule has 0 spiro atoms. The predicted octanol–water partition coefficient (Wildman–Crippen LogP) is 3.32. The minimum Gasteiger partial charge on any atom is -0.494 e. The minimum atomic E-state index is -0.682. The van der Waals surface area contributed by atoms with Gasteiger partial charge in [-0.25, -0.2) is 4.79 Å². The van der Waals surface area contributed by atoms with Crippen LogP contribution in [-0.4, -0.2) is 31.6 Å². The second-order valence-electron chi connectivity index (χ2n) is 5.15. The van der Waals surface area contributed by atoms with Gasteiger partial charge in [0.1, 0.15) is 0 Å². The zero-order valence-electron chi connectivity index (χ0n) is 12.9. The number of methoxy groups -OCH3 is 1. The Labute approximate surface area is 139 Å². The minimum absolute atomic E-state index is 0.00363. The van der Waals surface area contributed by atoms with Gasteiger partial charge in [0.15, 0.2) is 12.4 Å². The van der Waals surface area contributed by atoms with E-state index in [2.05, 4.69) is 5.32 Å². The lowest BCUT2D eigenvalue weighted by atomic mass is 10.1. The maximum Gasteiger partial charge on any atom is 0.338 e. The SMILES string of the molecule is COc1c(Cl)cc(C(=O)OCC(=O)N[C@H](C)C(C)C)cc1Cl. The number of hydrogen-bond acceptors (Lipinski definition) is 4. The van der Waals surface area contributed by atoms with Crippen LogP contribution in [0.3, 0.4) is 0 Å². The van der Waals surface area contributed by atoms with Gasteiger partial charge >= 0.3 is 5.97 Å². The Balaban J connectivity index is 2.65. The molecule has 1 atom stereocenters. The number of carbonyl (C=O) groups excluding carboxylic acids is 2. The van der Waals surface area contributed by atoms with Crippen LogP contribution in [0.25, 0.3) is 0 Å². The van der Waals surface area contributed by atoms with Crippen LogP contribution >= 0.6 is 23.2 Å². The standard InChI is InChI=1S/C15H19Cl2NO4/c1-8(2)9(3)18-13(19)7-22-15(20)10-5-11(16)14(21-4)12(17)6-10/h5-6,8-9H,7H2,1-4H3,(H,18,19)/t9-/m1/s1. The Morgan fingerprint density at radius 2 is 1.73 bits per heavy atom. The topological polar surface area (TPSA) is 64.6 Å². The molecule has 0 aliphatic heterocycles. The van der Waals surface area contributed by atoms with Gasteiger partial charge in [0.2, 0.25) is 0 Å². The highest BCUT2D eigenvalue weighted by molar-refractivity contribution is 6.37. The average Bonchev–Trinajstić information content (AvgIpc) is 2.44. The molecule has 1 amide bonds. The van der Waals surface area contributed by atoms with Crippen molar-refractivity contribution in [3.05, 3.63) is 27.7 Å². The largest absolute Gasteiger partial charge is 0.494 e. The van der Waals surface area contributed by atoms with Gasteiger partial charge < -0.3 is 14.8 Å². The molecule has 22 heavy (non-hydrogen) atoms. The van der Waals surface area contributed by atoms with E-state index >= 15 is 0 Å². The number of rotatable bonds is 6. The smallest absolute Gasteiger partial charge is 0.338 e.